The molecule has 14 nitrogen and oxygen atoms in total. The summed E-state index contributed by atoms with van der Waals surface area (Å²) in [5.41, 5.74) is -9.17. The van der Waals surface area contributed by atoms with E-state index >= 15 is 4.79 Å². The summed E-state index contributed by atoms with van der Waals surface area (Å²) in [4.78, 5) is 97.4. The van der Waals surface area contributed by atoms with Crippen LogP contribution in [-0.2, 0) is 57.1 Å². The number of Topliss-reactive ketones (excluding diaryl/α,β-unsaturated/α-hetero) is 2. The lowest BCUT2D eigenvalue weighted by Crippen LogP contribution is -2.83. The molecule has 292 valence electrons. The molecule has 5 aliphatic rings. The summed E-state index contributed by atoms with van der Waals surface area (Å²) in [6.45, 7) is 5.99. The van der Waals surface area contributed by atoms with E-state index in [1.54, 1.807) is 6.07 Å². The molecule has 1 aromatic carbocycles. The third-order valence-electron chi connectivity index (χ3n) is 11.1. The molecule has 2 saturated heterocycles. The van der Waals surface area contributed by atoms with Crippen molar-refractivity contribution < 1.29 is 66.7 Å². The average molecular weight is 875 g/mol. The zero-order valence-electron chi connectivity index (χ0n) is 28.7. The van der Waals surface area contributed by atoms with Gasteiger partial charge < -0.3 is 33.2 Å². The van der Waals surface area contributed by atoms with Crippen LogP contribution in [-0.4, -0.2) is 97.5 Å². The van der Waals surface area contributed by atoms with Gasteiger partial charge in [-0.25, -0.2) is 19.2 Å². The Hall–Kier alpha value is -2.85. The van der Waals surface area contributed by atoms with E-state index in [-0.39, 0.29) is 16.7 Å². The molecule has 0 aromatic heterocycles. The lowest BCUT2D eigenvalue weighted by atomic mass is 9.44. The van der Waals surface area contributed by atoms with E-state index in [0.29, 0.717) is 0 Å². The summed E-state index contributed by atoms with van der Waals surface area (Å²) in [5.74, 6) is -8.82. The van der Waals surface area contributed by atoms with E-state index in [1.807, 2.05) is 0 Å². The van der Waals surface area contributed by atoms with E-state index in [0.717, 1.165) is 6.92 Å². The molecule has 9 atom stereocenters. The van der Waals surface area contributed by atoms with Gasteiger partial charge in [0.25, 0.3) is 7.59 Å². The van der Waals surface area contributed by atoms with Gasteiger partial charge in [-0.1, -0.05) is 102 Å². The molecule has 0 radical (unpaired) electrons. The summed E-state index contributed by atoms with van der Waals surface area (Å²) in [6, 6.07) is 7.51. The molecule has 2 bridgehead atoms. The number of fused-ring (bicyclic) bond motifs is 4. The topological polar surface area (TPSA) is 184 Å². The third kappa shape index (κ3) is 5.97. The van der Waals surface area contributed by atoms with Crippen LogP contribution in [0.15, 0.2) is 41.5 Å². The summed E-state index contributed by atoms with van der Waals surface area (Å²) in [5, 5.41) is 0. The molecule has 0 amide bonds. The maximum atomic E-state index is 15.7. The van der Waals surface area contributed by atoms with Gasteiger partial charge in [0.1, 0.15) is 12.2 Å². The predicted octanol–water partition coefficient (Wildman–Crippen LogP) is 5.29. The second-order valence-corrected chi connectivity index (χ2v) is 18.8. The van der Waals surface area contributed by atoms with Crippen LogP contribution in [0.25, 0.3) is 0 Å². The van der Waals surface area contributed by atoms with Crippen LogP contribution in [0.4, 0.5) is 4.79 Å². The molecule has 1 spiro atoms. The number of alkyl halides is 6. The van der Waals surface area contributed by atoms with Crippen molar-refractivity contribution in [3.8, 4) is 0 Å². The van der Waals surface area contributed by atoms with Gasteiger partial charge in [0.15, 0.2) is 23.6 Å². The smallest absolute Gasteiger partial charge is 0.458 e. The molecule has 3 aliphatic carbocycles. The van der Waals surface area contributed by atoms with Gasteiger partial charge in [0.2, 0.25) is 17.5 Å². The lowest BCUT2D eigenvalue weighted by Gasteiger charge is -2.67. The first-order valence-corrected chi connectivity index (χ1v) is 18.4. The highest BCUT2D eigenvalue weighted by Crippen LogP contribution is 2.66. The van der Waals surface area contributed by atoms with Gasteiger partial charge >= 0.3 is 30.0 Å². The molecule has 6 rings (SSSR count). The third-order valence-corrected chi connectivity index (χ3v) is 12.0. The molecule has 2 saturated carbocycles. The molecule has 20 heteroatoms. The van der Waals surface area contributed by atoms with Crippen LogP contribution in [0.5, 0.6) is 0 Å². The van der Waals surface area contributed by atoms with E-state index in [9.17, 15) is 28.8 Å². The number of hydrogen-bond donors (Lipinski definition) is 0. The maximum absolute atomic E-state index is 15.7. The van der Waals surface area contributed by atoms with Gasteiger partial charge in [-0.3, -0.25) is 14.4 Å². The molecule has 2 aliphatic heterocycles. The number of carbonyl (C=O) groups is 7. The second kappa shape index (κ2) is 13.4. The predicted molar refractivity (Wildman–Crippen MR) is 187 cm³/mol. The summed E-state index contributed by atoms with van der Waals surface area (Å²) in [6.07, 6.45) is -10.8. The van der Waals surface area contributed by atoms with Crippen molar-refractivity contribution in [3.63, 3.8) is 0 Å². The minimum absolute atomic E-state index is 0.0231. The summed E-state index contributed by atoms with van der Waals surface area (Å²) >= 11 is 35.5. The first-order valence-electron chi connectivity index (χ1n) is 16.2. The molecule has 0 N–H and O–H groups in total. The Bertz CT molecular complexity index is 1890. The number of carbonyl (C=O) groups excluding carboxylic acids is 7. The van der Waals surface area contributed by atoms with Crippen molar-refractivity contribution in [2.75, 3.05) is 6.61 Å². The van der Waals surface area contributed by atoms with Crippen molar-refractivity contribution in [1.82, 2.24) is 0 Å². The molecular weight excluding hydrogens is 845 g/mol. The SMILES string of the molecule is CC(=O)OC12COC1CC(OC(=O)C(Cl)(Cl)Cl)C1(C)C(=O)C(OC(=O)C(Cl)(Cl)Cl)C3=C(C)C(=O)C4OC(=O)OC4(C(OC(=O)c4ccccc4)C21)C3(C)C. The van der Waals surface area contributed by atoms with E-state index in [1.165, 1.54) is 52.0 Å². The summed E-state index contributed by atoms with van der Waals surface area (Å²) < 4.78 is 35.8. The minimum atomic E-state index is -2.78. The highest BCUT2D eigenvalue weighted by Gasteiger charge is 2.83. The first-order chi connectivity index (χ1) is 24.9. The zero-order valence-corrected chi connectivity index (χ0v) is 33.3. The Morgan fingerprint density at radius 3 is 2.00 bits per heavy atom. The maximum Gasteiger partial charge on any atom is 0.510 e. The fourth-order valence-corrected chi connectivity index (χ4v) is 9.07. The number of rotatable bonds is 5. The normalized spacial score (nSPS) is 35.4. The fourth-order valence-electron chi connectivity index (χ4n) is 8.80. The van der Waals surface area contributed by atoms with E-state index in [2.05, 4.69) is 0 Å². The van der Waals surface area contributed by atoms with E-state index < -0.39 is 121 Å². The monoisotopic (exact) mass is 872 g/mol. The molecule has 4 fully saturated rings. The average Bonchev–Trinajstić information content (AvgIpc) is 3.43. The number of ether oxygens (including phenoxy) is 7. The van der Waals surface area contributed by atoms with Crippen LogP contribution in [0, 0.1) is 16.7 Å². The highest BCUT2D eigenvalue weighted by atomic mass is 35.6. The molecule has 1 aromatic rings. The van der Waals surface area contributed by atoms with Crippen LogP contribution >= 0.6 is 69.6 Å². The number of halogens is 6. The standard InChI is InChI=1S/C34H30Cl6O14/c1-13-18-20(50-27(46)34(38,39)40)22(43)30(5)16(49-26(45)33(35,36)37)11-17-31(12-48-17,53-14(2)41)21(30)24(51-25(44)15-9-7-6-8-10-15)32(29(18,3)4)23(19(13)42)52-28(47)54-32/h6-10,16-17,20-21,23-24H,11-12H2,1-5H3. The largest absolute Gasteiger partial charge is 0.510 e. The quantitative estimate of drug-likeness (QED) is 0.211. The Kier molecular flexibility index (Phi) is 10.1. The molecule has 9 unspecified atom stereocenters. The number of benzene rings is 1. The van der Waals surface area contributed by atoms with Crippen molar-refractivity contribution >= 4 is 111 Å². The Labute approximate surface area is 337 Å². The molecule has 54 heavy (non-hydrogen) atoms. The van der Waals surface area contributed by atoms with Gasteiger partial charge in [-0.15, -0.1) is 0 Å². The van der Waals surface area contributed by atoms with Gasteiger partial charge in [-0.05, 0) is 31.6 Å². The van der Waals surface area contributed by atoms with Crippen LogP contribution in [0.1, 0.15) is 51.4 Å². The second-order valence-electron chi connectivity index (χ2n) is 14.2. The van der Waals surface area contributed by atoms with Crippen molar-refractivity contribution in [1.29, 1.82) is 0 Å². The fraction of sp³-hybridized carbons (Fsp3) is 0.559. The van der Waals surface area contributed by atoms with Crippen LogP contribution in [0.3, 0.4) is 0 Å². The number of esters is 4. The molecular formula is C34H30Cl6O14. The van der Waals surface area contributed by atoms with Crippen LogP contribution in [0.2, 0.25) is 0 Å². The highest BCUT2D eigenvalue weighted by molar-refractivity contribution is 6.76. The van der Waals surface area contributed by atoms with Gasteiger partial charge in [0.05, 0.1) is 23.5 Å². The zero-order chi connectivity index (χ0) is 40.1. The van der Waals surface area contributed by atoms with Gasteiger partial charge in [0, 0.05) is 24.3 Å². The number of ketones is 2. The van der Waals surface area contributed by atoms with Crippen molar-refractivity contribution in [3.05, 3.63) is 47.0 Å². The number of hydrogen-bond acceptors (Lipinski definition) is 14. The Morgan fingerprint density at radius 1 is 0.870 bits per heavy atom. The van der Waals surface area contributed by atoms with Crippen molar-refractivity contribution in [2.24, 2.45) is 16.7 Å². The van der Waals surface area contributed by atoms with Crippen LogP contribution < -0.4 is 0 Å². The molecule has 2 heterocycles. The van der Waals surface area contributed by atoms with E-state index in [4.69, 9.17) is 103 Å². The Balaban J connectivity index is 1.75. The van der Waals surface area contributed by atoms with Crippen molar-refractivity contribution in [2.45, 2.75) is 90.3 Å². The first kappa shape index (κ1) is 40.8. The minimum Gasteiger partial charge on any atom is -0.458 e. The summed E-state index contributed by atoms with van der Waals surface area (Å²) in [7, 11) is 0. The van der Waals surface area contributed by atoms with Gasteiger partial charge in [-0.2, -0.15) is 0 Å². The Morgan fingerprint density at radius 2 is 1.46 bits per heavy atom. The lowest BCUT2D eigenvalue weighted by molar-refractivity contribution is -0.344.